The van der Waals surface area contributed by atoms with Gasteiger partial charge in [-0.15, -0.1) is 23.4 Å². The molecule has 2 fully saturated rings. The predicted molar refractivity (Wildman–Crippen MR) is 120 cm³/mol. The third-order valence-electron chi connectivity index (χ3n) is 6.07. The molecule has 0 bridgehead atoms. The molecule has 5 N–H and O–H groups in total. The first-order valence-electron chi connectivity index (χ1n) is 10.5. The molecule has 188 valence electrons. The highest BCUT2D eigenvalue weighted by Crippen LogP contribution is 2.43. The van der Waals surface area contributed by atoms with Crippen LogP contribution in [0.5, 0.6) is 0 Å². The topological polar surface area (TPSA) is 169 Å². The maximum atomic E-state index is 13.0. The van der Waals surface area contributed by atoms with Crippen molar-refractivity contribution in [3.63, 3.8) is 0 Å². The number of carbonyl (C=O) groups excluding carboxylic acids is 1. The smallest absolute Gasteiger partial charge is 0.470 e. The summed E-state index contributed by atoms with van der Waals surface area (Å²) >= 11 is 7.30. The molecule has 0 aromatic rings. The van der Waals surface area contributed by atoms with E-state index >= 15 is 0 Å². The van der Waals surface area contributed by atoms with Crippen molar-refractivity contribution in [1.29, 1.82) is 0 Å². The lowest BCUT2D eigenvalue weighted by Crippen LogP contribution is -2.66. The summed E-state index contributed by atoms with van der Waals surface area (Å²) in [5, 5.41) is 36.0. The number of likely N-dealkylation sites (tertiary alicyclic amines) is 1. The lowest BCUT2D eigenvalue weighted by molar-refractivity contribution is -0.865. The van der Waals surface area contributed by atoms with Crippen molar-refractivity contribution in [3.05, 3.63) is 5.21 Å². The number of alkyl halides is 1. The number of aliphatic hydroxyl groups excluding tert-OH is 2. The normalized spacial score (nSPS) is 40.1. The predicted octanol–water partition coefficient (Wildman–Crippen LogP) is 0.519. The number of carbonyl (C=O) groups is 1. The molecule has 2 heterocycles. The molecule has 0 aromatic carbocycles. The van der Waals surface area contributed by atoms with Crippen LogP contribution in [0.2, 0.25) is 0 Å². The van der Waals surface area contributed by atoms with Gasteiger partial charge in [0.15, 0.2) is 6.04 Å². The zero-order chi connectivity index (χ0) is 24.4. The van der Waals surface area contributed by atoms with Crippen LogP contribution in [0.4, 0.5) is 0 Å². The highest BCUT2D eigenvalue weighted by Gasteiger charge is 2.52. The van der Waals surface area contributed by atoms with Gasteiger partial charge in [0, 0.05) is 12.3 Å². The Morgan fingerprint density at radius 2 is 2.03 bits per heavy atom. The Hall–Kier alpha value is 0.0200. The van der Waals surface area contributed by atoms with Crippen LogP contribution in [0.15, 0.2) is 0 Å². The third kappa shape index (κ3) is 6.79. The molecule has 0 spiro atoms. The van der Waals surface area contributed by atoms with Gasteiger partial charge in [0.05, 0.1) is 25.0 Å². The largest absolute Gasteiger partial charge is 0.632 e. The minimum absolute atomic E-state index is 0.134. The number of rotatable bonds is 9. The van der Waals surface area contributed by atoms with Gasteiger partial charge < -0.3 is 39.9 Å². The summed E-state index contributed by atoms with van der Waals surface area (Å²) in [6.07, 6.45) is -2.31. The minimum atomic E-state index is -4.97. The third-order valence-corrected chi connectivity index (χ3v) is 7.70. The van der Waals surface area contributed by atoms with Gasteiger partial charge >= 0.3 is 7.82 Å². The van der Waals surface area contributed by atoms with Gasteiger partial charge in [-0.05, 0) is 19.6 Å². The maximum absolute atomic E-state index is 13.0. The molecule has 10 atom stereocenters. The number of hydrogen-bond donors (Lipinski definition) is 5. The Labute approximate surface area is 197 Å². The van der Waals surface area contributed by atoms with Gasteiger partial charge in [0.1, 0.15) is 29.9 Å². The van der Waals surface area contributed by atoms with Crippen LogP contribution in [0.1, 0.15) is 33.1 Å². The summed E-state index contributed by atoms with van der Waals surface area (Å²) in [6.45, 7) is 3.93. The molecule has 0 saturated carbocycles. The number of phosphoric ester groups is 1. The number of nitrogens with one attached hydrogen (secondary N) is 1. The van der Waals surface area contributed by atoms with E-state index in [2.05, 4.69) is 9.84 Å². The number of hydrogen-bond acceptors (Lipinski definition) is 8. The van der Waals surface area contributed by atoms with Crippen molar-refractivity contribution >= 4 is 37.1 Å². The van der Waals surface area contributed by atoms with Crippen molar-refractivity contribution in [1.82, 2.24) is 5.32 Å². The van der Waals surface area contributed by atoms with Gasteiger partial charge in [-0.25, -0.2) is 4.57 Å². The molecule has 11 nitrogen and oxygen atoms in total. The average molecular weight is 521 g/mol. The Morgan fingerprint density at radius 3 is 2.53 bits per heavy atom. The number of hydroxylamine groups is 3. The summed E-state index contributed by atoms with van der Waals surface area (Å²) in [5.41, 5.74) is -1.05. The quantitative estimate of drug-likeness (QED) is 0.125. The molecule has 2 aliphatic rings. The summed E-state index contributed by atoms with van der Waals surface area (Å²) in [7, 11) is -3.51. The molecule has 1 amide bonds. The number of likely N-dealkylation sites (N-methyl/N-ethyl adjacent to an activating group) is 1. The first-order valence-corrected chi connectivity index (χ1v) is 13.8. The summed E-state index contributed by atoms with van der Waals surface area (Å²) in [5.74, 6) is -0.381. The maximum Gasteiger partial charge on any atom is 0.470 e. The number of nitrogens with zero attached hydrogens (tertiary/aromatic N) is 1. The van der Waals surface area contributed by atoms with Gasteiger partial charge in [0.25, 0.3) is 5.91 Å². The molecule has 1 unspecified atom stereocenters. The number of ether oxygens (including phenoxy) is 1. The second kappa shape index (κ2) is 11.2. The zero-order valence-electron chi connectivity index (χ0n) is 18.5. The van der Waals surface area contributed by atoms with E-state index in [0.717, 1.165) is 24.6 Å². The van der Waals surface area contributed by atoms with Gasteiger partial charge in [0.2, 0.25) is 0 Å². The number of aliphatic hydroxyl groups is 2. The first-order chi connectivity index (χ1) is 14.7. The van der Waals surface area contributed by atoms with Crippen LogP contribution in [0, 0.1) is 11.1 Å². The molecule has 2 saturated heterocycles. The fraction of sp³-hybridized carbons (Fsp3) is 0.944. The van der Waals surface area contributed by atoms with Crippen LogP contribution in [0.25, 0.3) is 0 Å². The van der Waals surface area contributed by atoms with Crippen LogP contribution in [-0.2, 0) is 18.6 Å². The number of thioether (sulfide) groups is 1. The van der Waals surface area contributed by atoms with Gasteiger partial charge in [-0.1, -0.05) is 13.3 Å². The lowest BCUT2D eigenvalue weighted by atomic mass is 9.92. The SMILES string of the molecule is CCC[C@@H]1C[C@@H](C(=O)N[C@@H]([C@H]2O[C@H](SC)[C@H](OP(=O)(O)O)[C@@H](O)[C@H]2O)[C@H](C)Cl)[N+](C)([O-])C1. The van der Waals surface area contributed by atoms with E-state index in [1.54, 1.807) is 13.2 Å². The Kier molecular flexibility index (Phi) is 9.87. The van der Waals surface area contributed by atoms with Crippen LogP contribution >= 0.6 is 31.2 Å². The van der Waals surface area contributed by atoms with Crippen LogP contribution in [0.3, 0.4) is 0 Å². The molecule has 0 aromatic heterocycles. The Balaban J connectivity index is 2.19. The van der Waals surface area contributed by atoms with Crippen molar-refractivity contribution in [3.8, 4) is 0 Å². The lowest BCUT2D eigenvalue weighted by Gasteiger charge is -2.45. The fourth-order valence-electron chi connectivity index (χ4n) is 4.56. The zero-order valence-corrected chi connectivity index (χ0v) is 21.0. The van der Waals surface area contributed by atoms with E-state index in [1.165, 1.54) is 7.05 Å². The summed E-state index contributed by atoms with van der Waals surface area (Å²) in [4.78, 5) is 31.3. The number of amides is 1. The minimum Gasteiger partial charge on any atom is -0.632 e. The van der Waals surface area contributed by atoms with Crippen molar-refractivity contribution < 1.29 is 43.3 Å². The molecule has 14 heteroatoms. The second-order valence-electron chi connectivity index (χ2n) is 8.72. The summed E-state index contributed by atoms with van der Waals surface area (Å²) in [6, 6.07) is -1.82. The van der Waals surface area contributed by atoms with E-state index in [-0.39, 0.29) is 5.92 Å². The Morgan fingerprint density at radius 1 is 1.41 bits per heavy atom. The summed E-state index contributed by atoms with van der Waals surface area (Å²) < 4.78 is 21.0. The van der Waals surface area contributed by atoms with Crippen molar-refractivity contribution in [2.24, 2.45) is 5.92 Å². The standard InChI is InChI=1S/C18H34ClN2O9PS/c1-5-6-10-7-11(21(3,25)8-10)17(24)20-12(9(2)19)15-13(22)14(23)16(18(29-15)32-4)30-31(26,27)28/h9-16,18,22-23H,5-8H2,1-4H3,(H,20,24)(H2,26,27,28)/t9-,10+,11-,12+,13+,14-,15+,16+,18+,21?/m0/s1. The van der Waals surface area contributed by atoms with E-state index in [9.17, 15) is 24.8 Å². The molecular weight excluding hydrogens is 487 g/mol. The first kappa shape index (κ1) is 28.3. The highest BCUT2D eigenvalue weighted by molar-refractivity contribution is 7.99. The van der Waals surface area contributed by atoms with E-state index in [1.807, 2.05) is 6.92 Å². The molecule has 32 heavy (non-hydrogen) atoms. The number of quaternary nitrogens is 1. The Bertz CT molecular complexity index is 695. The molecule has 2 aliphatic heterocycles. The van der Waals surface area contributed by atoms with E-state index in [0.29, 0.717) is 13.0 Å². The number of halogens is 1. The van der Waals surface area contributed by atoms with E-state index in [4.69, 9.17) is 26.1 Å². The fourth-order valence-corrected chi connectivity index (χ4v) is 6.13. The number of phosphoric acid groups is 1. The van der Waals surface area contributed by atoms with Gasteiger partial charge in [-0.2, -0.15) is 0 Å². The van der Waals surface area contributed by atoms with Crippen molar-refractivity contribution in [2.45, 2.75) is 80.4 Å². The monoisotopic (exact) mass is 520 g/mol. The van der Waals surface area contributed by atoms with Gasteiger partial charge in [-0.3, -0.25) is 9.32 Å². The van der Waals surface area contributed by atoms with Crippen LogP contribution < -0.4 is 5.32 Å². The van der Waals surface area contributed by atoms with Crippen molar-refractivity contribution in [2.75, 3.05) is 19.8 Å². The molecule has 0 aliphatic carbocycles. The average Bonchev–Trinajstić information content (AvgIpc) is 2.97. The highest BCUT2D eigenvalue weighted by atomic mass is 35.5. The second-order valence-corrected chi connectivity index (χ2v) is 11.5. The molecule has 2 rings (SSSR count). The van der Waals surface area contributed by atoms with Crippen LogP contribution in [-0.4, -0.2) is 97.7 Å². The van der Waals surface area contributed by atoms with E-state index < -0.39 is 65.7 Å². The molecular formula is C18H34ClN2O9PS. The molecule has 0 radical (unpaired) electrons.